The highest BCUT2D eigenvalue weighted by Crippen LogP contribution is 2.41. The van der Waals surface area contributed by atoms with E-state index in [9.17, 15) is 18.3 Å². The van der Waals surface area contributed by atoms with Gasteiger partial charge in [-0.2, -0.15) is 0 Å². The molecule has 234 valence electrons. The second kappa shape index (κ2) is 14.6. The number of ether oxygens (including phenoxy) is 2. The fourth-order valence-electron chi connectivity index (χ4n) is 6.09. The Morgan fingerprint density at radius 1 is 1.07 bits per heavy atom. The molecule has 0 radical (unpaired) electrons. The summed E-state index contributed by atoms with van der Waals surface area (Å²) in [5.41, 5.74) is 1.82. The van der Waals surface area contributed by atoms with Crippen LogP contribution in [0.5, 0.6) is 5.75 Å². The summed E-state index contributed by atoms with van der Waals surface area (Å²) in [4.78, 5) is 9.04. The Hall–Kier alpha value is -2.44. The van der Waals surface area contributed by atoms with Gasteiger partial charge in [0.2, 0.25) is 0 Å². The molecule has 2 fully saturated rings. The van der Waals surface area contributed by atoms with Crippen LogP contribution >= 0.6 is 11.8 Å². The van der Waals surface area contributed by atoms with Crippen LogP contribution in [0.25, 0.3) is 10.9 Å². The van der Waals surface area contributed by atoms with Gasteiger partial charge in [-0.25, -0.2) is 17.6 Å². The van der Waals surface area contributed by atoms with E-state index in [0.717, 1.165) is 41.9 Å². The van der Waals surface area contributed by atoms with Gasteiger partial charge < -0.3 is 19.5 Å². The van der Waals surface area contributed by atoms with Crippen molar-refractivity contribution in [2.45, 2.75) is 43.3 Å². The summed E-state index contributed by atoms with van der Waals surface area (Å²) >= 11 is 1.08. The van der Waals surface area contributed by atoms with Crippen molar-refractivity contribution in [2.24, 2.45) is 5.41 Å². The van der Waals surface area contributed by atoms with Crippen molar-refractivity contribution in [3.05, 3.63) is 65.1 Å². The monoisotopic (exact) mass is 621 g/mol. The highest BCUT2D eigenvalue weighted by molar-refractivity contribution is 7.99. The number of halogens is 4. The van der Waals surface area contributed by atoms with Crippen LogP contribution in [-0.4, -0.2) is 85.3 Å². The maximum absolute atomic E-state index is 16.4. The molecule has 5 rings (SSSR count). The topological polar surface area (TPSA) is 58.1 Å². The molecule has 3 aromatic rings. The number of nitrogens with zero attached hydrogens (tertiary/aromatic N) is 3. The lowest BCUT2D eigenvalue weighted by Gasteiger charge is -2.41. The third-order valence-electron chi connectivity index (χ3n) is 8.82. The molecule has 0 unspecified atom stereocenters. The number of hydrogen-bond acceptors (Lipinski definition) is 7. The Morgan fingerprint density at radius 2 is 1.84 bits per heavy atom. The molecule has 6 nitrogen and oxygen atoms in total. The quantitative estimate of drug-likeness (QED) is 0.148. The van der Waals surface area contributed by atoms with E-state index in [-0.39, 0.29) is 17.9 Å². The number of thioether (sulfide) groups is 1. The summed E-state index contributed by atoms with van der Waals surface area (Å²) in [6.07, 6.45) is 2.76. The lowest BCUT2D eigenvalue weighted by Crippen LogP contribution is -2.43. The lowest BCUT2D eigenvalue weighted by atomic mass is 9.74. The van der Waals surface area contributed by atoms with E-state index in [1.54, 1.807) is 13.3 Å². The van der Waals surface area contributed by atoms with Crippen LogP contribution in [0, 0.1) is 22.9 Å². The first kappa shape index (κ1) is 32.0. The van der Waals surface area contributed by atoms with Crippen molar-refractivity contribution >= 4 is 22.7 Å². The Morgan fingerprint density at radius 3 is 2.56 bits per heavy atom. The number of likely N-dealkylation sites (tertiary alicyclic amines) is 1. The summed E-state index contributed by atoms with van der Waals surface area (Å²) < 4.78 is 68.3. The van der Waals surface area contributed by atoms with Gasteiger partial charge in [-0.1, -0.05) is 0 Å². The second-order valence-corrected chi connectivity index (χ2v) is 12.7. The molecule has 0 bridgehead atoms. The molecule has 2 aliphatic rings. The van der Waals surface area contributed by atoms with Gasteiger partial charge in [-0.15, -0.1) is 11.8 Å². The smallest absolute Gasteiger partial charge is 0.172 e. The molecule has 1 N–H and O–H groups in total. The van der Waals surface area contributed by atoms with Crippen LogP contribution < -0.4 is 4.74 Å². The van der Waals surface area contributed by atoms with E-state index >= 15 is 4.39 Å². The summed E-state index contributed by atoms with van der Waals surface area (Å²) in [6, 6.07) is 7.09. The number of hydrogen-bond donors (Lipinski definition) is 1. The molecule has 0 aliphatic carbocycles. The van der Waals surface area contributed by atoms with Gasteiger partial charge in [0, 0.05) is 66.6 Å². The number of fused-ring (bicyclic) bond motifs is 1. The molecule has 0 spiro atoms. The molecular formula is C32H39F4N3O3S. The van der Waals surface area contributed by atoms with Crippen LogP contribution in [0.4, 0.5) is 17.6 Å². The van der Waals surface area contributed by atoms with Crippen LogP contribution in [0.1, 0.15) is 43.0 Å². The van der Waals surface area contributed by atoms with Gasteiger partial charge in [0.1, 0.15) is 17.7 Å². The van der Waals surface area contributed by atoms with Crippen molar-refractivity contribution in [3.63, 3.8) is 0 Å². The van der Waals surface area contributed by atoms with Crippen molar-refractivity contribution in [1.82, 2.24) is 14.8 Å². The second-order valence-electron chi connectivity index (χ2n) is 11.5. The van der Waals surface area contributed by atoms with Gasteiger partial charge >= 0.3 is 0 Å². The molecular weight excluding hydrogens is 582 g/mol. The molecule has 2 aromatic carbocycles. The normalized spacial score (nSPS) is 18.7. The Kier molecular flexibility index (Phi) is 10.8. The zero-order valence-corrected chi connectivity index (χ0v) is 25.3. The summed E-state index contributed by atoms with van der Waals surface area (Å²) in [7, 11) is 1.59. The van der Waals surface area contributed by atoms with Gasteiger partial charge in [0.15, 0.2) is 11.6 Å². The first-order chi connectivity index (χ1) is 20.8. The Balaban J connectivity index is 1.22. The molecule has 1 aromatic heterocycles. The van der Waals surface area contributed by atoms with E-state index < -0.39 is 29.0 Å². The maximum Gasteiger partial charge on any atom is 0.172 e. The van der Waals surface area contributed by atoms with Gasteiger partial charge in [-0.3, -0.25) is 9.88 Å². The number of aliphatic hydroxyl groups is 1. The predicted molar refractivity (Wildman–Crippen MR) is 160 cm³/mol. The summed E-state index contributed by atoms with van der Waals surface area (Å²) in [5.74, 6) is -1.90. The highest BCUT2D eigenvalue weighted by atomic mass is 32.2. The highest BCUT2D eigenvalue weighted by Gasteiger charge is 2.35. The Labute approximate surface area is 254 Å². The number of morpholine rings is 1. The molecule has 2 aliphatic heterocycles. The first-order valence-electron chi connectivity index (χ1n) is 14.8. The number of aliphatic hydroxyl groups excluding tert-OH is 1. The van der Waals surface area contributed by atoms with Crippen molar-refractivity contribution in [2.75, 3.05) is 65.4 Å². The number of benzene rings is 2. The average molecular weight is 622 g/mol. The molecule has 3 heterocycles. The zero-order chi connectivity index (χ0) is 30.4. The zero-order valence-electron chi connectivity index (χ0n) is 24.5. The van der Waals surface area contributed by atoms with E-state index in [2.05, 4.69) is 14.8 Å². The molecule has 2 saturated heterocycles. The van der Waals surface area contributed by atoms with Gasteiger partial charge in [0.25, 0.3) is 0 Å². The minimum absolute atomic E-state index is 0.0261. The fourth-order valence-corrected chi connectivity index (χ4v) is 7.08. The number of pyridine rings is 1. The van der Waals surface area contributed by atoms with Crippen molar-refractivity contribution in [3.8, 4) is 5.75 Å². The number of methoxy groups -OCH3 is 1. The number of piperidine rings is 1. The maximum atomic E-state index is 16.4. The van der Waals surface area contributed by atoms with Crippen molar-refractivity contribution in [1.29, 1.82) is 0 Å². The van der Waals surface area contributed by atoms with E-state index in [1.807, 2.05) is 18.2 Å². The van der Waals surface area contributed by atoms with E-state index in [0.29, 0.717) is 87.3 Å². The first-order valence-corrected chi connectivity index (χ1v) is 15.8. The van der Waals surface area contributed by atoms with Crippen LogP contribution in [0.15, 0.2) is 41.4 Å². The third kappa shape index (κ3) is 7.81. The molecule has 11 heteroatoms. The van der Waals surface area contributed by atoms with Crippen LogP contribution in [-0.2, 0) is 11.3 Å². The number of alkyl halides is 1. The summed E-state index contributed by atoms with van der Waals surface area (Å²) in [6.45, 7) is 5.45. The van der Waals surface area contributed by atoms with Gasteiger partial charge in [0.05, 0.1) is 25.8 Å². The molecule has 0 amide bonds. The van der Waals surface area contributed by atoms with E-state index in [1.165, 1.54) is 0 Å². The average Bonchev–Trinajstić information content (AvgIpc) is 3.03. The lowest BCUT2D eigenvalue weighted by molar-refractivity contribution is 0.0311. The minimum atomic E-state index is -1.24. The van der Waals surface area contributed by atoms with Crippen molar-refractivity contribution < 1.29 is 32.1 Å². The molecule has 1 atom stereocenters. The number of rotatable bonds is 12. The minimum Gasteiger partial charge on any atom is -0.497 e. The molecule has 43 heavy (non-hydrogen) atoms. The molecule has 0 saturated carbocycles. The summed E-state index contributed by atoms with van der Waals surface area (Å²) in [5, 5.41) is 11.2. The largest absolute Gasteiger partial charge is 0.497 e. The number of aromatic nitrogens is 1. The Bertz CT molecular complexity index is 1380. The van der Waals surface area contributed by atoms with Crippen LogP contribution in [0.2, 0.25) is 0 Å². The standard InChI is InChI=1S/C32H39F4N3O3S/c1-41-24-2-3-28-25(18-24)30(22(19-37-28)20-39-10-13-42-14-11-39)26(34)4-5-32(21-40)6-8-38(9-7-32)12-15-43-29-17-23(33)16-27(35)31(29)36/h2-3,16-19,26,40H,4-15,20-21H2,1H3/t26-/m1/s1. The SMILES string of the molecule is COc1ccc2ncc(CN3CCOCC3)c([C@H](F)CCC3(CO)CCN(CCSc4cc(F)cc(F)c4F)CC3)c2c1. The fraction of sp³-hybridized carbons (Fsp3) is 0.531. The van der Waals surface area contributed by atoms with E-state index in [4.69, 9.17) is 9.47 Å². The van der Waals surface area contributed by atoms with Crippen LogP contribution in [0.3, 0.4) is 0 Å². The third-order valence-corrected chi connectivity index (χ3v) is 9.81. The predicted octanol–water partition coefficient (Wildman–Crippen LogP) is 6.15. The van der Waals surface area contributed by atoms with Gasteiger partial charge in [-0.05, 0) is 74.0 Å².